The largest absolute Gasteiger partial charge is 0.361 e. The minimum atomic E-state index is -1.000. The molecule has 4 N–H and O–H groups in total. The number of amides is 4. The van der Waals surface area contributed by atoms with Gasteiger partial charge in [0.25, 0.3) is 0 Å². The van der Waals surface area contributed by atoms with E-state index in [0.717, 1.165) is 27.6 Å². The number of hydrogen-bond acceptors (Lipinski definition) is 4. The van der Waals surface area contributed by atoms with E-state index >= 15 is 0 Å². The molecule has 1 saturated heterocycles. The SMILES string of the molecule is C[C@@H]1C(=O)N[C@@H](Cc2ccccc2)C(=O)N[C@@H](Cc2c[nH]c3ccccc23)C(=O)N[C@@H](Cc2ccccc2)C(=O)N1C. The van der Waals surface area contributed by atoms with Crippen LogP contribution in [0.4, 0.5) is 0 Å². The van der Waals surface area contributed by atoms with Crippen molar-refractivity contribution in [3.8, 4) is 0 Å². The maximum Gasteiger partial charge on any atom is 0.245 e. The Kier molecular flexibility index (Phi) is 8.66. The molecule has 216 valence electrons. The van der Waals surface area contributed by atoms with Crippen molar-refractivity contribution in [3.05, 3.63) is 108 Å². The van der Waals surface area contributed by atoms with Gasteiger partial charge in [0.2, 0.25) is 23.6 Å². The monoisotopic (exact) mass is 565 g/mol. The molecule has 9 nitrogen and oxygen atoms in total. The number of aromatic nitrogens is 1. The van der Waals surface area contributed by atoms with Gasteiger partial charge in [0.15, 0.2) is 0 Å². The highest BCUT2D eigenvalue weighted by Crippen LogP contribution is 2.20. The zero-order valence-corrected chi connectivity index (χ0v) is 23.7. The van der Waals surface area contributed by atoms with E-state index in [4.69, 9.17) is 0 Å². The zero-order chi connectivity index (χ0) is 29.6. The van der Waals surface area contributed by atoms with E-state index in [1.54, 1.807) is 6.92 Å². The molecular weight excluding hydrogens is 530 g/mol. The number of H-pyrrole nitrogens is 1. The van der Waals surface area contributed by atoms with Crippen LogP contribution in [0.25, 0.3) is 10.9 Å². The second-order valence-corrected chi connectivity index (χ2v) is 10.8. The summed E-state index contributed by atoms with van der Waals surface area (Å²) in [6.45, 7) is 1.61. The lowest BCUT2D eigenvalue weighted by atomic mass is 9.99. The molecule has 3 aromatic carbocycles. The van der Waals surface area contributed by atoms with E-state index in [1.165, 1.54) is 11.9 Å². The highest BCUT2D eigenvalue weighted by atomic mass is 16.2. The van der Waals surface area contributed by atoms with Crippen LogP contribution in [0.15, 0.2) is 91.1 Å². The topological polar surface area (TPSA) is 123 Å². The highest BCUT2D eigenvalue weighted by Gasteiger charge is 2.36. The third kappa shape index (κ3) is 6.52. The van der Waals surface area contributed by atoms with Crippen LogP contribution in [0.1, 0.15) is 23.6 Å². The summed E-state index contributed by atoms with van der Waals surface area (Å²) in [4.78, 5) is 59.3. The Morgan fingerprint density at radius 3 is 1.76 bits per heavy atom. The van der Waals surface area contributed by atoms with Gasteiger partial charge in [0.05, 0.1) is 0 Å². The molecule has 0 unspecified atom stereocenters. The summed E-state index contributed by atoms with van der Waals surface area (Å²) in [5.74, 6) is -1.81. The van der Waals surface area contributed by atoms with Gasteiger partial charge in [-0.3, -0.25) is 19.2 Å². The number of fused-ring (bicyclic) bond motifs is 1. The molecule has 9 heteroatoms. The van der Waals surface area contributed by atoms with Crippen molar-refractivity contribution in [2.45, 2.75) is 50.4 Å². The number of para-hydroxylation sites is 1. The van der Waals surface area contributed by atoms with Crippen molar-refractivity contribution in [2.75, 3.05) is 7.05 Å². The fourth-order valence-electron chi connectivity index (χ4n) is 5.29. The van der Waals surface area contributed by atoms with Crippen LogP contribution in [0.3, 0.4) is 0 Å². The van der Waals surface area contributed by atoms with Crippen LogP contribution < -0.4 is 16.0 Å². The normalized spacial score (nSPS) is 22.1. The molecule has 1 aliphatic heterocycles. The first kappa shape index (κ1) is 28.6. The van der Waals surface area contributed by atoms with E-state index in [9.17, 15) is 19.2 Å². The number of carbonyl (C=O) groups is 4. The summed E-state index contributed by atoms with van der Waals surface area (Å²) >= 11 is 0. The van der Waals surface area contributed by atoms with Crippen LogP contribution >= 0.6 is 0 Å². The minimum Gasteiger partial charge on any atom is -0.361 e. The minimum absolute atomic E-state index is 0.187. The van der Waals surface area contributed by atoms with Gasteiger partial charge in [-0.05, 0) is 29.7 Å². The lowest BCUT2D eigenvalue weighted by Gasteiger charge is -2.32. The Morgan fingerprint density at radius 1 is 0.619 bits per heavy atom. The van der Waals surface area contributed by atoms with Crippen LogP contribution in [-0.4, -0.2) is 64.7 Å². The quantitative estimate of drug-likeness (QED) is 0.287. The van der Waals surface area contributed by atoms with Crippen molar-refractivity contribution in [1.29, 1.82) is 0 Å². The Hall–Kier alpha value is -4.92. The van der Waals surface area contributed by atoms with E-state index in [-0.39, 0.29) is 19.3 Å². The van der Waals surface area contributed by atoms with Gasteiger partial charge in [-0.2, -0.15) is 0 Å². The first-order valence-corrected chi connectivity index (χ1v) is 14.1. The second kappa shape index (κ2) is 12.7. The third-order valence-corrected chi connectivity index (χ3v) is 7.85. The molecule has 1 aromatic heterocycles. The Morgan fingerprint density at radius 2 is 1.12 bits per heavy atom. The average molecular weight is 566 g/mol. The number of aromatic amines is 1. The van der Waals surface area contributed by atoms with Crippen LogP contribution in [0.5, 0.6) is 0 Å². The zero-order valence-electron chi connectivity index (χ0n) is 23.7. The number of carbonyl (C=O) groups excluding carboxylic acids is 4. The summed E-state index contributed by atoms with van der Waals surface area (Å²) in [6.07, 6.45) is 2.47. The molecule has 0 radical (unpaired) electrons. The van der Waals surface area contributed by atoms with Gasteiger partial charge in [-0.15, -0.1) is 0 Å². The standard InChI is InChI=1S/C33H35N5O4/c1-21-30(39)35-27(17-22-11-5-3-6-12-22)31(40)36-28(19-24-20-34-26-16-10-9-15-25(24)26)32(41)37-29(33(42)38(21)2)18-23-13-7-4-8-14-23/h3-16,20-21,27-29,34H,17-19H2,1-2H3,(H,35,39)(H,36,40)(H,37,41)/t21-,27+,28+,29+/m1/s1. The van der Waals surface area contributed by atoms with Gasteiger partial charge in [-0.25, -0.2) is 0 Å². The molecule has 0 aliphatic carbocycles. The first-order chi connectivity index (χ1) is 20.3. The van der Waals surface area contributed by atoms with Gasteiger partial charge in [-0.1, -0.05) is 78.9 Å². The molecule has 4 atom stereocenters. The number of benzene rings is 3. The summed E-state index contributed by atoms with van der Waals surface area (Å²) in [6, 6.07) is 22.7. The molecule has 0 spiro atoms. The van der Waals surface area contributed by atoms with Crippen molar-refractivity contribution < 1.29 is 19.2 Å². The number of hydrogen-bond donors (Lipinski definition) is 4. The predicted octanol–water partition coefficient (Wildman–Crippen LogP) is 2.51. The third-order valence-electron chi connectivity index (χ3n) is 7.85. The van der Waals surface area contributed by atoms with Crippen LogP contribution in [0, 0.1) is 0 Å². The fraction of sp³-hybridized carbons (Fsp3) is 0.273. The van der Waals surface area contributed by atoms with Crippen molar-refractivity contribution >= 4 is 34.5 Å². The Labute approximate surface area is 244 Å². The number of likely N-dealkylation sites (N-methyl/N-ethyl adjacent to an activating group) is 1. The van der Waals surface area contributed by atoms with Crippen molar-refractivity contribution in [2.24, 2.45) is 0 Å². The number of nitrogens with one attached hydrogen (secondary N) is 4. The number of nitrogens with zero attached hydrogens (tertiary/aromatic N) is 1. The molecule has 42 heavy (non-hydrogen) atoms. The summed E-state index contributed by atoms with van der Waals surface area (Å²) in [5.41, 5.74) is 3.46. The maximum atomic E-state index is 13.9. The molecule has 4 aromatic rings. The molecule has 0 saturated carbocycles. The number of rotatable bonds is 6. The lowest BCUT2D eigenvalue weighted by Crippen LogP contribution is -2.62. The Bertz CT molecular complexity index is 1570. The molecule has 1 fully saturated rings. The first-order valence-electron chi connectivity index (χ1n) is 14.1. The van der Waals surface area contributed by atoms with E-state index in [2.05, 4.69) is 20.9 Å². The van der Waals surface area contributed by atoms with E-state index < -0.39 is 47.8 Å². The fourth-order valence-corrected chi connectivity index (χ4v) is 5.29. The second-order valence-electron chi connectivity index (χ2n) is 10.8. The van der Waals surface area contributed by atoms with Gasteiger partial charge < -0.3 is 25.8 Å². The van der Waals surface area contributed by atoms with Crippen LogP contribution in [0.2, 0.25) is 0 Å². The lowest BCUT2D eigenvalue weighted by molar-refractivity contribution is -0.143. The summed E-state index contributed by atoms with van der Waals surface area (Å²) in [7, 11) is 1.54. The van der Waals surface area contributed by atoms with E-state index in [1.807, 2.05) is 91.1 Å². The molecule has 5 rings (SSSR count). The van der Waals surface area contributed by atoms with Gasteiger partial charge >= 0.3 is 0 Å². The summed E-state index contributed by atoms with van der Waals surface area (Å²) in [5, 5.41) is 9.58. The van der Waals surface area contributed by atoms with Crippen molar-refractivity contribution in [3.63, 3.8) is 0 Å². The van der Waals surface area contributed by atoms with Gasteiger partial charge in [0, 0.05) is 43.4 Å². The Balaban J connectivity index is 1.50. The van der Waals surface area contributed by atoms with Gasteiger partial charge in [0.1, 0.15) is 24.2 Å². The molecule has 1 aliphatic rings. The predicted molar refractivity (Wildman–Crippen MR) is 160 cm³/mol. The summed E-state index contributed by atoms with van der Waals surface area (Å²) < 4.78 is 0. The highest BCUT2D eigenvalue weighted by molar-refractivity contribution is 5.98. The smallest absolute Gasteiger partial charge is 0.245 e. The molecule has 2 heterocycles. The average Bonchev–Trinajstić information content (AvgIpc) is 3.42. The molecular formula is C33H35N5O4. The molecule has 0 bridgehead atoms. The molecule has 4 amide bonds. The van der Waals surface area contributed by atoms with E-state index in [0.29, 0.717) is 0 Å². The van der Waals surface area contributed by atoms with Crippen molar-refractivity contribution in [1.82, 2.24) is 25.8 Å². The maximum absolute atomic E-state index is 13.9. The van der Waals surface area contributed by atoms with Crippen LogP contribution in [-0.2, 0) is 38.4 Å².